The predicted octanol–water partition coefficient (Wildman–Crippen LogP) is 4.06. The first-order valence-electron chi connectivity index (χ1n) is 6.61. The van der Waals surface area contributed by atoms with Crippen LogP contribution < -0.4 is 10.6 Å². The van der Waals surface area contributed by atoms with E-state index in [1.165, 1.54) is 0 Å². The smallest absolute Gasteiger partial charge is 0.320 e. The number of amides is 2. The molecule has 0 aliphatic heterocycles. The molecule has 0 spiro atoms. The molecule has 0 aliphatic rings. The van der Waals surface area contributed by atoms with E-state index in [-0.39, 0.29) is 11.4 Å². The zero-order valence-corrected chi connectivity index (χ0v) is 13.8. The molecule has 0 bridgehead atoms. The average molecular weight is 352 g/mol. The van der Waals surface area contributed by atoms with Gasteiger partial charge in [-0.05, 0) is 17.7 Å². The molecule has 1 heterocycles. The number of hydrogen-bond donors (Lipinski definition) is 2. The van der Waals surface area contributed by atoms with Crippen LogP contribution >= 0.6 is 15.9 Å². The number of hydrogen-bond acceptors (Lipinski definition) is 3. The van der Waals surface area contributed by atoms with Gasteiger partial charge in [-0.25, -0.2) is 4.79 Å². The molecule has 0 aliphatic carbocycles. The number of rotatable bonds is 3. The number of carbonyl (C=O) groups is 1. The summed E-state index contributed by atoms with van der Waals surface area (Å²) < 4.78 is 6.22. The number of carbonyl (C=O) groups excluding carboxylic acids is 1. The highest BCUT2D eigenvalue weighted by molar-refractivity contribution is 9.10. The van der Waals surface area contributed by atoms with Crippen LogP contribution in [0.2, 0.25) is 0 Å². The van der Waals surface area contributed by atoms with Crippen LogP contribution in [0, 0.1) is 0 Å². The molecule has 5 nitrogen and oxygen atoms in total. The second-order valence-electron chi connectivity index (χ2n) is 5.76. The molecule has 1 aromatic heterocycles. The minimum absolute atomic E-state index is 0.138. The van der Waals surface area contributed by atoms with Crippen molar-refractivity contribution in [2.45, 2.75) is 32.7 Å². The van der Waals surface area contributed by atoms with E-state index in [2.05, 4.69) is 31.7 Å². The first-order chi connectivity index (χ1) is 9.84. The van der Waals surface area contributed by atoms with Crippen LogP contribution in [0.25, 0.3) is 0 Å². The Morgan fingerprint density at radius 2 is 1.95 bits per heavy atom. The maximum absolute atomic E-state index is 11.8. The van der Waals surface area contributed by atoms with Gasteiger partial charge in [0.05, 0.1) is 0 Å². The Bertz CT molecular complexity index is 615. The highest BCUT2D eigenvalue weighted by atomic mass is 79.9. The summed E-state index contributed by atoms with van der Waals surface area (Å²) in [4.78, 5) is 11.8. The number of nitrogens with zero attached hydrogens (tertiary/aromatic N) is 1. The molecule has 112 valence electrons. The Kier molecular flexibility index (Phi) is 4.67. The third-order valence-corrected chi connectivity index (χ3v) is 3.39. The molecule has 2 N–H and O–H groups in total. The minimum Gasteiger partial charge on any atom is -0.359 e. The molecular weight excluding hydrogens is 334 g/mol. The van der Waals surface area contributed by atoms with E-state index >= 15 is 0 Å². The van der Waals surface area contributed by atoms with E-state index in [4.69, 9.17) is 4.52 Å². The van der Waals surface area contributed by atoms with Gasteiger partial charge >= 0.3 is 6.03 Å². The maximum atomic E-state index is 11.8. The van der Waals surface area contributed by atoms with Gasteiger partial charge in [-0.3, -0.25) is 5.32 Å². The molecule has 0 radical (unpaired) electrons. The fraction of sp³-hybridized carbons (Fsp3) is 0.333. The lowest BCUT2D eigenvalue weighted by atomic mass is 9.93. The van der Waals surface area contributed by atoms with Gasteiger partial charge in [-0.15, -0.1) is 0 Å². The van der Waals surface area contributed by atoms with Gasteiger partial charge in [0.25, 0.3) is 0 Å². The molecule has 2 amide bonds. The highest BCUT2D eigenvalue weighted by Gasteiger charge is 2.20. The number of urea groups is 1. The minimum atomic E-state index is -0.313. The maximum Gasteiger partial charge on any atom is 0.320 e. The molecule has 0 unspecified atom stereocenters. The summed E-state index contributed by atoms with van der Waals surface area (Å²) in [6, 6.07) is 9.17. The van der Waals surface area contributed by atoms with Crippen molar-refractivity contribution in [1.82, 2.24) is 10.5 Å². The van der Waals surface area contributed by atoms with E-state index in [1.54, 1.807) is 6.07 Å². The molecule has 0 fully saturated rings. The zero-order chi connectivity index (χ0) is 15.5. The number of nitrogens with one attached hydrogen (secondary N) is 2. The molecular formula is C15H18BrN3O2. The fourth-order valence-corrected chi connectivity index (χ4v) is 1.90. The monoisotopic (exact) mass is 351 g/mol. The summed E-state index contributed by atoms with van der Waals surface area (Å²) in [7, 11) is 0. The van der Waals surface area contributed by atoms with Gasteiger partial charge in [0.15, 0.2) is 5.82 Å². The lowest BCUT2D eigenvalue weighted by Crippen LogP contribution is -2.28. The summed E-state index contributed by atoms with van der Waals surface area (Å²) >= 11 is 3.37. The van der Waals surface area contributed by atoms with Crippen LogP contribution in [-0.2, 0) is 12.0 Å². The van der Waals surface area contributed by atoms with Crippen molar-refractivity contribution >= 4 is 27.8 Å². The van der Waals surface area contributed by atoms with Crippen LogP contribution in [0.3, 0.4) is 0 Å². The van der Waals surface area contributed by atoms with Gasteiger partial charge in [-0.2, -0.15) is 0 Å². The van der Waals surface area contributed by atoms with Gasteiger partial charge < -0.3 is 9.84 Å². The van der Waals surface area contributed by atoms with Crippen molar-refractivity contribution in [3.05, 3.63) is 46.1 Å². The lowest BCUT2D eigenvalue weighted by Gasteiger charge is -2.12. The van der Waals surface area contributed by atoms with Gasteiger partial charge in [0.1, 0.15) is 5.76 Å². The quantitative estimate of drug-likeness (QED) is 0.876. The van der Waals surface area contributed by atoms with Crippen LogP contribution in [0.1, 0.15) is 32.1 Å². The van der Waals surface area contributed by atoms with E-state index in [9.17, 15) is 4.79 Å². The second-order valence-corrected chi connectivity index (χ2v) is 6.68. The van der Waals surface area contributed by atoms with Crippen LogP contribution in [0.15, 0.2) is 39.3 Å². The Balaban J connectivity index is 1.87. The highest BCUT2D eigenvalue weighted by Crippen LogP contribution is 2.24. The van der Waals surface area contributed by atoms with E-state index < -0.39 is 0 Å². The summed E-state index contributed by atoms with van der Waals surface area (Å²) in [5.74, 6) is 1.14. The summed E-state index contributed by atoms with van der Waals surface area (Å²) in [6.45, 7) is 6.50. The topological polar surface area (TPSA) is 67.2 Å². The van der Waals surface area contributed by atoms with Crippen molar-refractivity contribution in [3.63, 3.8) is 0 Å². The van der Waals surface area contributed by atoms with Gasteiger partial charge in [0.2, 0.25) is 0 Å². The number of benzene rings is 1. The number of aromatic nitrogens is 1. The zero-order valence-electron chi connectivity index (χ0n) is 12.2. The lowest BCUT2D eigenvalue weighted by molar-refractivity contribution is 0.251. The van der Waals surface area contributed by atoms with Crippen LogP contribution in [0.5, 0.6) is 0 Å². The van der Waals surface area contributed by atoms with Crippen molar-refractivity contribution in [2.75, 3.05) is 5.32 Å². The average Bonchev–Trinajstić information content (AvgIpc) is 2.86. The van der Waals surface area contributed by atoms with Crippen LogP contribution in [-0.4, -0.2) is 11.2 Å². The summed E-state index contributed by atoms with van der Waals surface area (Å²) in [5, 5.41) is 9.26. The largest absolute Gasteiger partial charge is 0.359 e. The number of halogens is 1. The Morgan fingerprint density at radius 3 is 2.52 bits per heavy atom. The van der Waals surface area contributed by atoms with Crippen molar-refractivity contribution < 1.29 is 9.32 Å². The molecule has 2 rings (SSSR count). The van der Waals surface area contributed by atoms with Gasteiger partial charge in [0, 0.05) is 22.5 Å². The summed E-state index contributed by atoms with van der Waals surface area (Å²) in [5.41, 5.74) is 0.879. The molecule has 0 saturated heterocycles. The molecule has 0 atom stereocenters. The molecule has 21 heavy (non-hydrogen) atoms. The molecule has 0 saturated carbocycles. The van der Waals surface area contributed by atoms with Crippen molar-refractivity contribution in [3.8, 4) is 0 Å². The molecule has 6 heteroatoms. The first kappa shape index (κ1) is 15.6. The predicted molar refractivity (Wildman–Crippen MR) is 85.2 cm³/mol. The Hall–Kier alpha value is -1.82. The van der Waals surface area contributed by atoms with E-state index in [1.807, 2.05) is 45.0 Å². The Labute approximate surface area is 132 Å². The third-order valence-electron chi connectivity index (χ3n) is 2.86. The normalized spacial score (nSPS) is 11.2. The molecule has 2 aromatic rings. The van der Waals surface area contributed by atoms with E-state index in [0.717, 1.165) is 15.8 Å². The van der Waals surface area contributed by atoms with Crippen LogP contribution in [0.4, 0.5) is 10.6 Å². The first-order valence-corrected chi connectivity index (χ1v) is 7.40. The second kappa shape index (κ2) is 6.30. The summed E-state index contributed by atoms with van der Waals surface area (Å²) in [6.07, 6.45) is 0. The van der Waals surface area contributed by atoms with Crippen molar-refractivity contribution in [1.29, 1.82) is 0 Å². The fourth-order valence-electron chi connectivity index (χ4n) is 1.63. The van der Waals surface area contributed by atoms with E-state index in [0.29, 0.717) is 12.4 Å². The SMILES string of the molecule is CC(C)(C)c1cc(NC(=O)NCc2ccc(Br)cc2)no1. The van der Waals surface area contributed by atoms with Gasteiger partial charge in [-0.1, -0.05) is 54.0 Å². The van der Waals surface area contributed by atoms with Crippen molar-refractivity contribution in [2.24, 2.45) is 0 Å². The Morgan fingerprint density at radius 1 is 1.29 bits per heavy atom. The number of anilines is 1. The third kappa shape index (κ3) is 4.60. The standard InChI is InChI=1S/C15H18BrN3O2/c1-15(2,3)12-8-13(19-21-12)18-14(20)17-9-10-4-6-11(16)7-5-10/h4-8H,9H2,1-3H3,(H2,17,18,19,20). The molecule has 1 aromatic carbocycles.